The van der Waals surface area contributed by atoms with Crippen molar-refractivity contribution in [2.24, 2.45) is 11.3 Å². The van der Waals surface area contributed by atoms with Gasteiger partial charge in [0.25, 0.3) is 0 Å². The molecule has 2 heterocycles. The first-order valence-corrected chi connectivity index (χ1v) is 6.43. The maximum Gasteiger partial charge on any atom is 0.234 e. The van der Waals surface area contributed by atoms with Crippen molar-refractivity contribution < 1.29 is 4.79 Å². The van der Waals surface area contributed by atoms with Crippen LogP contribution in [0.3, 0.4) is 0 Å². The van der Waals surface area contributed by atoms with Crippen LogP contribution in [0.4, 0.5) is 5.95 Å². The summed E-state index contributed by atoms with van der Waals surface area (Å²) in [6.07, 6.45) is 2.36. The minimum absolute atomic E-state index is 0.0373. The first kappa shape index (κ1) is 13.2. The maximum absolute atomic E-state index is 12.4. The molecule has 1 aromatic heterocycles. The van der Waals surface area contributed by atoms with Crippen molar-refractivity contribution in [3.05, 3.63) is 17.4 Å². The van der Waals surface area contributed by atoms with Gasteiger partial charge in [-0.25, -0.2) is 9.97 Å². The number of carbonyl (C=O) groups excluding carboxylic acids is 1. The van der Waals surface area contributed by atoms with E-state index in [-0.39, 0.29) is 23.2 Å². The highest BCUT2D eigenvalue weighted by Crippen LogP contribution is 2.35. The lowest BCUT2D eigenvalue weighted by molar-refractivity contribution is -0.126. The SMILES string of the molecule is CC(C)C1(C(=O)Nc2nccc(Cl)n2)CCNC1. The van der Waals surface area contributed by atoms with Gasteiger partial charge in [-0.2, -0.15) is 0 Å². The fourth-order valence-electron chi connectivity index (χ4n) is 2.28. The predicted molar refractivity (Wildman–Crippen MR) is 70.4 cm³/mol. The standard InChI is InChI=1S/C12H17ClN4O/c1-8(2)12(4-6-14-7-12)10(18)17-11-15-5-3-9(13)16-11/h3,5,8,14H,4,6-7H2,1-2H3,(H,15,16,17,18). The van der Waals surface area contributed by atoms with Crippen LogP contribution in [0.2, 0.25) is 5.15 Å². The number of hydrogen-bond donors (Lipinski definition) is 2. The molecule has 1 aromatic rings. The van der Waals surface area contributed by atoms with Gasteiger partial charge in [0, 0.05) is 12.7 Å². The molecule has 1 atom stereocenters. The van der Waals surface area contributed by atoms with Gasteiger partial charge in [-0.15, -0.1) is 0 Å². The molecule has 1 amide bonds. The summed E-state index contributed by atoms with van der Waals surface area (Å²) in [7, 11) is 0. The summed E-state index contributed by atoms with van der Waals surface area (Å²) < 4.78 is 0. The van der Waals surface area contributed by atoms with Gasteiger partial charge in [-0.1, -0.05) is 25.4 Å². The van der Waals surface area contributed by atoms with Crippen molar-refractivity contribution in [2.45, 2.75) is 20.3 Å². The lowest BCUT2D eigenvalue weighted by Crippen LogP contribution is -2.42. The fourth-order valence-corrected chi connectivity index (χ4v) is 2.42. The van der Waals surface area contributed by atoms with Gasteiger partial charge in [0.05, 0.1) is 5.41 Å². The van der Waals surface area contributed by atoms with Crippen LogP contribution in [0.1, 0.15) is 20.3 Å². The van der Waals surface area contributed by atoms with E-state index in [1.54, 1.807) is 6.07 Å². The van der Waals surface area contributed by atoms with Crippen molar-refractivity contribution in [1.82, 2.24) is 15.3 Å². The lowest BCUT2D eigenvalue weighted by Gasteiger charge is -2.30. The maximum atomic E-state index is 12.4. The Hall–Kier alpha value is -1.20. The molecule has 98 valence electrons. The molecule has 1 aliphatic rings. The number of nitrogens with one attached hydrogen (secondary N) is 2. The summed E-state index contributed by atoms with van der Waals surface area (Å²) in [5.74, 6) is 0.482. The summed E-state index contributed by atoms with van der Waals surface area (Å²) in [5, 5.41) is 6.33. The van der Waals surface area contributed by atoms with Crippen molar-refractivity contribution in [3.8, 4) is 0 Å². The Morgan fingerprint density at radius 1 is 1.61 bits per heavy atom. The highest BCUT2D eigenvalue weighted by molar-refractivity contribution is 6.29. The molecule has 0 saturated carbocycles. The first-order valence-electron chi connectivity index (χ1n) is 6.05. The highest BCUT2D eigenvalue weighted by atomic mass is 35.5. The van der Waals surface area contributed by atoms with Gasteiger partial charge < -0.3 is 5.32 Å². The Labute approximate surface area is 111 Å². The lowest BCUT2D eigenvalue weighted by atomic mass is 9.75. The number of hydrogen-bond acceptors (Lipinski definition) is 4. The summed E-state index contributed by atoms with van der Waals surface area (Å²) >= 11 is 5.77. The van der Waals surface area contributed by atoms with Gasteiger partial charge in [0.1, 0.15) is 5.15 Å². The van der Waals surface area contributed by atoms with Crippen LogP contribution in [-0.2, 0) is 4.79 Å². The summed E-state index contributed by atoms with van der Waals surface area (Å²) in [6, 6.07) is 1.58. The second kappa shape index (κ2) is 5.20. The quantitative estimate of drug-likeness (QED) is 0.819. The largest absolute Gasteiger partial charge is 0.316 e. The zero-order valence-corrected chi connectivity index (χ0v) is 11.3. The fraction of sp³-hybridized carbons (Fsp3) is 0.583. The van der Waals surface area contributed by atoms with Crippen molar-refractivity contribution >= 4 is 23.5 Å². The molecule has 5 nitrogen and oxygen atoms in total. The molecular weight excluding hydrogens is 252 g/mol. The van der Waals surface area contributed by atoms with E-state index >= 15 is 0 Å². The van der Waals surface area contributed by atoms with Crippen molar-refractivity contribution in [3.63, 3.8) is 0 Å². The molecular formula is C12H17ClN4O. The van der Waals surface area contributed by atoms with Gasteiger partial charge in [-0.3, -0.25) is 10.1 Å². The molecule has 0 spiro atoms. The summed E-state index contributed by atoms with van der Waals surface area (Å²) in [5.41, 5.74) is -0.383. The zero-order valence-electron chi connectivity index (χ0n) is 10.5. The molecule has 1 aliphatic heterocycles. The molecule has 1 saturated heterocycles. The van der Waals surface area contributed by atoms with Crippen LogP contribution in [0.25, 0.3) is 0 Å². The Balaban J connectivity index is 2.16. The van der Waals surface area contributed by atoms with Crippen LogP contribution in [0.5, 0.6) is 0 Å². The Morgan fingerprint density at radius 3 is 2.94 bits per heavy atom. The van der Waals surface area contributed by atoms with Crippen LogP contribution >= 0.6 is 11.6 Å². The van der Waals surface area contributed by atoms with Crippen LogP contribution in [0.15, 0.2) is 12.3 Å². The average Bonchev–Trinajstić information content (AvgIpc) is 2.79. The number of anilines is 1. The third-order valence-corrected chi connectivity index (χ3v) is 3.80. The minimum Gasteiger partial charge on any atom is -0.316 e. The number of carbonyl (C=O) groups is 1. The van der Waals surface area contributed by atoms with Gasteiger partial charge >= 0.3 is 0 Å². The second-order valence-corrected chi connectivity index (χ2v) is 5.28. The van der Waals surface area contributed by atoms with E-state index in [0.717, 1.165) is 13.0 Å². The Kier molecular flexibility index (Phi) is 3.82. The Bertz CT molecular complexity index is 443. The normalized spacial score (nSPS) is 23.3. The number of nitrogens with zero attached hydrogens (tertiary/aromatic N) is 2. The summed E-state index contributed by atoms with van der Waals surface area (Å²) in [6.45, 7) is 5.68. The smallest absolute Gasteiger partial charge is 0.234 e. The molecule has 0 aliphatic carbocycles. The topological polar surface area (TPSA) is 66.9 Å². The van der Waals surface area contributed by atoms with E-state index < -0.39 is 0 Å². The minimum atomic E-state index is -0.383. The number of halogens is 1. The van der Waals surface area contributed by atoms with Crippen molar-refractivity contribution in [2.75, 3.05) is 18.4 Å². The molecule has 6 heteroatoms. The monoisotopic (exact) mass is 268 g/mol. The average molecular weight is 269 g/mol. The number of aromatic nitrogens is 2. The zero-order chi connectivity index (χ0) is 13.2. The highest BCUT2D eigenvalue weighted by Gasteiger charge is 2.44. The molecule has 2 N–H and O–H groups in total. The van der Waals surface area contributed by atoms with Gasteiger partial charge in [-0.05, 0) is 24.9 Å². The predicted octanol–water partition coefficient (Wildman–Crippen LogP) is 1.70. The number of amides is 1. The third kappa shape index (κ3) is 2.47. The molecule has 0 radical (unpaired) electrons. The van der Waals surface area contributed by atoms with E-state index in [0.29, 0.717) is 11.7 Å². The molecule has 1 fully saturated rings. The molecule has 1 unspecified atom stereocenters. The first-order chi connectivity index (χ1) is 8.54. The van der Waals surface area contributed by atoms with E-state index in [2.05, 4.69) is 34.4 Å². The van der Waals surface area contributed by atoms with Crippen LogP contribution < -0.4 is 10.6 Å². The van der Waals surface area contributed by atoms with Crippen molar-refractivity contribution in [1.29, 1.82) is 0 Å². The van der Waals surface area contributed by atoms with E-state index in [9.17, 15) is 4.79 Å². The van der Waals surface area contributed by atoms with E-state index in [1.807, 2.05) is 0 Å². The summed E-state index contributed by atoms with van der Waals surface area (Å²) in [4.78, 5) is 20.4. The van der Waals surface area contributed by atoms with Crippen LogP contribution in [0, 0.1) is 11.3 Å². The Morgan fingerprint density at radius 2 is 2.39 bits per heavy atom. The van der Waals surface area contributed by atoms with Crippen LogP contribution in [-0.4, -0.2) is 29.0 Å². The molecule has 18 heavy (non-hydrogen) atoms. The molecule has 0 bridgehead atoms. The van der Waals surface area contributed by atoms with E-state index in [1.165, 1.54) is 6.20 Å². The second-order valence-electron chi connectivity index (χ2n) is 4.89. The molecule has 2 rings (SSSR count). The third-order valence-electron chi connectivity index (χ3n) is 3.59. The number of rotatable bonds is 3. The van der Waals surface area contributed by atoms with Gasteiger partial charge in [0.2, 0.25) is 11.9 Å². The molecule has 0 aromatic carbocycles. The van der Waals surface area contributed by atoms with E-state index in [4.69, 9.17) is 11.6 Å². The van der Waals surface area contributed by atoms with Gasteiger partial charge in [0.15, 0.2) is 0 Å².